The van der Waals surface area contributed by atoms with Gasteiger partial charge >= 0.3 is 5.97 Å². The van der Waals surface area contributed by atoms with E-state index >= 15 is 0 Å². The van der Waals surface area contributed by atoms with Crippen molar-refractivity contribution < 1.29 is 19.4 Å². The van der Waals surface area contributed by atoms with Gasteiger partial charge in [0.15, 0.2) is 0 Å². The van der Waals surface area contributed by atoms with E-state index in [1.807, 2.05) is 6.08 Å². The summed E-state index contributed by atoms with van der Waals surface area (Å²) in [4.78, 5) is 23.7. The Balaban J connectivity index is 1.55. The van der Waals surface area contributed by atoms with E-state index < -0.39 is 23.9 Å². The molecule has 2 heterocycles. The molecule has 0 saturated carbocycles. The third kappa shape index (κ3) is 5.07. The second-order valence-corrected chi connectivity index (χ2v) is 6.96. The number of ether oxygens (including phenoxy) is 1. The minimum absolute atomic E-state index is 0.182. The molecule has 2 bridgehead atoms. The van der Waals surface area contributed by atoms with Crippen LogP contribution in [0.25, 0.3) is 0 Å². The molecule has 0 unspecified atom stereocenters. The first-order chi connectivity index (χ1) is 11.6. The lowest BCUT2D eigenvalue weighted by atomic mass is 9.82. The molecule has 0 aromatic carbocycles. The molecule has 1 saturated heterocycles. The van der Waals surface area contributed by atoms with E-state index in [0.29, 0.717) is 6.54 Å². The van der Waals surface area contributed by atoms with Crippen molar-refractivity contribution in [1.29, 1.82) is 0 Å². The second-order valence-electron chi connectivity index (χ2n) is 6.96. The van der Waals surface area contributed by atoms with E-state index in [0.717, 1.165) is 12.8 Å². The molecule has 2 aliphatic rings. The van der Waals surface area contributed by atoms with Crippen molar-refractivity contribution in [2.75, 3.05) is 6.54 Å². The number of carboxylic acid groups (broad SMARTS) is 1. The normalized spacial score (nSPS) is 27.5. The molecule has 0 spiro atoms. The highest BCUT2D eigenvalue weighted by molar-refractivity contribution is 5.87. The molecule has 0 radical (unpaired) electrons. The monoisotopic (exact) mass is 337 g/mol. The van der Waals surface area contributed by atoms with Gasteiger partial charge in [0.2, 0.25) is 5.91 Å². The predicted octanol–water partition coefficient (Wildman–Crippen LogP) is 3.29. The largest absolute Gasteiger partial charge is 0.481 e. The van der Waals surface area contributed by atoms with Crippen molar-refractivity contribution in [1.82, 2.24) is 5.32 Å². The number of fused-ring (bicyclic) bond motifs is 2. The van der Waals surface area contributed by atoms with Gasteiger partial charge in [0.1, 0.15) is 5.92 Å². The average molecular weight is 337 g/mol. The predicted molar refractivity (Wildman–Crippen MR) is 92.7 cm³/mol. The van der Waals surface area contributed by atoms with Gasteiger partial charge < -0.3 is 15.2 Å². The molecule has 136 valence electrons. The molecule has 0 aromatic rings. The summed E-state index contributed by atoms with van der Waals surface area (Å²) in [5.74, 6) is -2.46. The molecule has 1 fully saturated rings. The van der Waals surface area contributed by atoms with Crippen molar-refractivity contribution in [3.63, 3.8) is 0 Å². The Hall–Kier alpha value is -1.36. The number of rotatable bonds is 12. The Labute approximate surface area is 144 Å². The highest BCUT2D eigenvalue weighted by Crippen LogP contribution is 2.39. The lowest BCUT2D eigenvalue weighted by Crippen LogP contribution is -2.42. The zero-order valence-corrected chi connectivity index (χ0v) is 14.7. The molecule has 2 rings (SSSR count). The maximum Gasteiger partial charge on any atom is 0.310 e. The van der Waals surface area contributed by atoms with E-state index in [1.165, 1.54) is 44.9 Å². The van der Waals surface area contributed by atoms with Crippen LogP contribution in [0.4, 0.5) is 0 Å². The van der Waals surface area contributed by atoms with Crippen molar-refractivity contribution >= 4 is 11.9 Å². The van der Waals surface area contributed by atoms with Crippen LogP contribution in [-0.4, -0.2) is 35.7 Å². The summed E-state index contributed by atoms with van der Waals surface area (Å²) in [6, 6.07) is 0. The van der Waals surface area contributed by atoms with Crippen LogP contribution in [0, 0.1) is 11.8 Å². The molecule has 24 heavy (non-hydrogen) atoms. The van der Waals surface area contributed by atoms with Crippen molar-refractivity contribution in [3.8, 4) is 0 Å². The van der Waals surface area contributed by atoms with E-state index in [9.17, 15) is 14.7 Å². The molecular weight excluding hydrogens is 306 g/mol. The van der Waals surface area contributed by atoms with E-state index in [-0.39, 0.29) is 12.0 Å². The minimum Gasteiger partial charge on any atom is -0.481 e. The molecule has 4 atom stereocenters. The highest BCUT2D eigenvalue weighted by atomic mass is 16.5. The number of amides is 1. The molecule has 0 aromatic heterocycles. The van der Waals surface area contributed by atoms with Crippen LogP contribution in [0.2, 0.25) is 0 Å². The number of carbonyl (C=O) groups excluding carboxylic acids is 1. The molecular formula is C19H31NO4. The Bertz CT molecular complexity index is 449. The van der Waals surface area contributed by atoms with Gasteiger partial charge in [-0.2, -0.15) is 0 Å². The maximum atomic E-state index is 12.3. The summed E-state index contributed by atoms with van der Waals surface area (Å²) in [5, 5.41) is 12.2. The first kappa shape index (κ1) is 19.0. The van der Waals surface area contributed by atoms with Crippen LogP contribution < -0.4 is 5.32 Å². The zero-order valence-electron chi connectivity index (χ0n) is 14.7. The molecule has 2 aliphatic heterocycles. The SMILES string of the molecule is CCCCCCCCCCCNC(=O)[C@@H]1[C@@H](C(=O)O)[C@H]2C=C[C@H]1O2. The number of unbranched alkanes of at least 4 members (excludes halogenated alkanes) is 8. The van der Waals surface area contributed by atoms with Crippen molar-refractivity contribution in [2.45, 2.75) is 76.9 Å². The van der Waals surface area contributed by atoms with Gasteiger partial charge in [-0.25, -0.2) is 0 Å². The summed E-state index contributed by atoms with van der Waals surface area (Å²) in [7, 11) is 0. The van der Waals surface area contributed by atoms with Gasteiger partial charge in [-0.15, -0.1) is 0 Å². The van der Waals surface area contributed by atoms with Crippen LogP contribution >= 0.6 is 0 Å². The minimum atomic E-state index is -0.949. The maximum absolute atomic E-state index is 12.3. The number of nitrogens with one attached hydrogen (secondary N) is 1. The number of carbonyl (C=O) groups is 2. The fourth-order valence-electron chi connectivity index (χ4n) is 3.68. The van der Waals surface area contributed by atoms with Crippen LogP contribution in [0.15, 0.2) is 12.2 Å². The number of hydrogen-bond acceptors (Lipinski definition) is 3. The van der Waals surface area contributed by atoms with Gasteiger partial charge in [-0.3, -0.25) is 9.59 Å². The van der Waals surface area contributed by atoms with Gasteiger partial charge in [-0.05, 0) is 6.42 Å². The second kappa shape index (κ2) is 9.82. The third-order valence-corrected chi connectivity index (χ3v) is 5.07. The first-order valence-electron chi connectivity index (χ1n) is 9.49. The van der Waals surface area contributed by atoms with E-state index in [4.69, 9.17) is 4.74 Å². The lowest BCUT2D eigenvalue weighted by Gasteiger charge is -2.20. The number of aliphatic carboxylic acids is 1. The van der Waals surface area contributed by atoms with Crippen molar-refractivity contribution in [3.05, 3.63) is 12.2 Å². The topological polar surface area (TPSA) is 75.6 Å². The fraction of sp³-hybridized carbons (Fsp3) is 0.789. The standard InChI is InChI=1S/C19H31NO4/c1-2-3-4-5-6-7-8-9-10-13-20-18(21)16-14-11-12-15(24-14)17(16)19(22)23/h11-12,14-17H,2-10,13H2,1H3,(H,20,21)(H,22,23)/t14-,15-,16+,17+/m1/s1. The number of hydrogen-bond donors (Lipinski definition) is 2. The third-order valence-electron chi connectivity index (χ3n) is 5.07. The van der Waals surface area contributed by atoms with Crippen LogP contribution in [0.3, 0.4) is 0 Å². The van der Waals surface area contributed by atoms with E-state index in [1.54, 1.807) is 6.08 Å². The van der Waals surface area contributed by atoms with Gasteiger partial charge in [0.05, 0.1) is 18.1 Å². The Kier molecular flexibility index (Phi) is 7.76. The first-order valence-corrected chi connectivity index (χ1v) is 9.49. The van der Waals surface area contributed by atoms with Gasteiger partial charge in [0, 0.05) is 6.54 Å². The molecule has 1 amide bonds. The van der Waals surface area contributed by atoms with Crippen LogP contribution in [0.5, 0.6) is 0 Å². The van der Waals surface area contributed by atoms with Crippen LogP contribution in [-0.2, 0) is 14.3 Å². The van der Waals surface area contributed by atoms with Gasteiger partial charge in [0.25, 0.3) is 0 Å². The lowest BCUT2D eigenvalue weighted by molar-refractivity contribution is -0.146. The molecule has 5 nitrogen and oxygen atoms in total. The number of carboxylic acids is 1. The van der Waals surface area contributed by atoms with Crippen molar-refractivity contribution in [2.24, 2.45) is 11.8 Å². The summed E-state index contributed by atoms with van der Waals surface area (Å²) in [5.41, 5.74) is 0. The quantitative estimate of drug-likeness (QED) is 0.423. The van der Waals surface area contributed by atoms with E-state index in [2.05, 4.69) is 12.2 Å². The Morgan fingerprint density at radius 1 is 0.917 bits per heavy atom. The molecule has 0 aliphatic carbocycles. The Morgan fingerprint density at radius 2 is 1.46 bits per heavy atom. The highest BCUT2D eigenvalue weighted by Gasteiger charge is 2.53. The smallest absolute Gasteiger partial charge is 0.310 e. The summed E-state index contributed by atoms with van der Waals surface area (Å²) >= 11 is 0. The summed E-state index contributed by atoms with van der Waals surface area (Å²) in [6.07, 6.45) is 13.9. The van der Waals surface area contributed by atoms with Gasteiger partial charge in [-0.1, -0.05) is 70.4 Å². The van der Waals surface area contributed by atoms with Crippen LogP contribution in [0.1, 0.15) is 64.7 Å². The Morgan fingerprint density at radius 3 is 2.04 bits per heavy atom. The molecule has 2 N–H and O–H groups in total. The molecule has 5 heteroatoms. The zero-order chi connectivity index (χ0) is 17.4. The summed E-state index contributed by atoms with van der Waals surface area (Å²) < 4.78 is 5.53. The fourth-order valence-corrected chi connectivity index (χ4v) is 3.68. The average Bonchev–Trinajstić information content (AvgIpc) is 3.17. The summed E-state index contributed by atoms with van der Waals surface area (Å²) in [6.45, 7) is 2.85.